The lowest BCUT2D eigenvalue weighted by Crippen LogP contribution is -2.20. The monoisotopic (exact) mass is 205 g/mol. The first kappa shape index (κ1) is 11.0. The molecule has 5 nitrogen and oxygen atoms in total. The van der Waals surface area contributed by atoms with Crippen LogP contribution < -0.4 is 5.32 Å². The second kappa shape index (κ2) is 5.60. The van der Waals surface area contributed by atoms with Gasteiger partial charge in [-0.05, 0) is 5.92 Å². The van der Waals surface area contributed by atoms with Crippen LogP contribution in [0.5, 0.6) is 5.75 Å². The maximum Gasteiger partial charge on any atom is 0.216 e. The van der Waals surface area contributed by atoms with Gasteiger partial charge in [-0.3, -0.25) is 4.79 Å². The molecule has 0 saturated carbocycles. The molecule has 0 unspecified atom stereocenters. The maximum atomic E-state index is 10.5. The lowest BCUT2D eigenvalue weighted by molar-refractivity contribution is -0.118. The van der Waals surface area contributed by atoms with E-state index in [1.54, 1.807) is 0 Å². The molecule has 15 heavy (non-hydrogen) atoms. The Labute approximate surface area is 87.6 Å². The van der Waals surface area contributed by atoms with E-state index in [9.17, 15) is 4.79 Å². The molecular weight excluding hydrogens is 194 g/mol. The summed E-state index contributed by atoms with van der Waals surface area (Å²) < 4.78 is 0. The van der Waals surface area contributed by atoms with Crippen molar-refractivity contribution >= 4 is 5.91 Å². The first-order chi connectivity index (χ1) is 7.18. The smallest absolute Gasteiger partial charge is 0.216 e. The first-order valence-electron chi connectivity index (χ1n) is 4.43. The van der Waals surface area contributed by atoms with Crippen LogP contribution in [0.2, 0.25) is 0 Å². The van der Waals surface area contributed by atoms with E-state index in [1.807, 2.05) is 0 Å². The number of nitrogens with zero attached hydrogens (tertiary/aromatic N) is 2. The minimum absolute atomic E-state index is 0.0128. The van der Waals surface area contributed by atoms with Gasteiger partial charge in [-0.25, -0.2) is 9.97 Å². The number of hydrogen-bond donors (Lipinski definition) is 2. The van der Waals surface area contributed by atoms with Gasteiger partial charge >= 0.3 is 0 Å². The van der Waals surface area contributed by atoms with Crippen LogP contribution >= 0.6 is 0 Å². The Balaban J connectivity index is 2.38. The molecule has 2 N–H and O–H groups in total. The second-order valence-electron chi connectivity index (χ2n) is 2.80. The fraction of sp³-hybridized carbons (Fsp3) is 0.300. The van der Waals surface area contributed by atoms with Crippen LogP contribution in [-0.2, 0) is 4.79 Å². The van der Waals surface area contributed by atoms with Gasteiger partial charge in [0, 0.05) is 19.9 Å². The highest BCUT2D eigenvalue weighted by atomic mass is 16.3. The van der Waals surface area contributed by atoms with Crippen LogP contribution in [0, 0.1) is 11.8 Å². The van der Waals surface area contributed by atoms with Crippen LogP contribution in [0.4, 0.5) is 0 Å². The molecule has 0 aliphatic rings. The number of aromatic nitrogens is 2. The van der Waals surface area contributed by atoms with Crippen LogP contribution in [0.15, 0.2) is 12.4 Å². The largest absolute Gasteiger partial charge is 0.505 e. The Bertz CT molecular complexity index is 389. The predicted molar refractivity (Wildman–Crippen MR) is 53.9 cm³/mol. The van der Waals surface area contributed by atoms with Gasteiger partial charge in [0.15, 0.2) is 5.75 Å². The van der Waals surface area contributed by atoms with E-state index < -0.39 is 0 Å². The molecule has 1 heterocycles. The van der Waals surface area contributed by atoms with Crippen molar-refractivity contribution in [3.05, 3.63) is 18.2 Å². The number of carbonyl (C=O) groups is 1. The summed E-state index contributed by atoms with van der Waals surface area (Å²) in [6.45, 7) is 1.97. The predicted octanol–water partition coefficient (Wildman–Crippen LogP) is 0.0599. The minimum atomic E-state index is -0.0716. The molecule has 1 amide bonds. The number of carbonyl (C=O) groups excluding carboxylic acids is 1. The molecule has 0 aromatic carbocycles. The van der Waals surface area contributed by atoms with Gasteiger partial charge in [0.05, 0.1) is 12.4 Å². The van der Waals surface area contributed by atoms with E-state index in [0.29, 0.717) is 18.8 Å². The summed E-state index contributed by atoms with van der Waals surface area (Å²) >= 11 is 0. The molecule has 1 aromatic rings. The van der Waals surface area contributed by atoms with E-state index in [0.717, 1.165) is 0 Å². The molecule has 0 atom stereocenters. The molecule has 0 bridgehead atoms. The van der Waals surface area contributed by atoms with Crippen molar-refractivity contribution in [2.75, 3.05) is 6.54 Å². The van der Waals surface area contributed by atoms with E-state index in [2.05, 4.69) is 27.1 Å². The molecule has 1 rings (SSSR count). The topological polar surface area (TPSA) is 75.1 Å². The van der Waals surface area contributed by atoms with Crippen molar-refractivity contribution in [2.24, 2.45) is 0 Å². The average Bonchev–Trinajstić information content (AvgIpc) is 2.20. The molecule has 0 aliphatic carbocycles. The molecule has 78 valence electrons. The highest BCUT2D eigenvalue weighted by Crippen LogP contribution is 2.00. The standard InChI is InChI=1S/C10H11N3O2/c1-8(14)11-5-3-2-4-10-12-6-9(15)7-13-10/h6-7,15H,3,5H2,1H3,(H,11,14). The van der Waals surface area contributed by atoms with Crippen molar-refractivity contribution < 1.29 is 9.90 Å². The quantitative estimate of drug-likeness (QED) is 0.529. The number of amides is 1. The van der Waals surface area contributed by atoms with Gasteiger partial charge in [-0.1, -0.05) is 5.92 Å². The summed E-state index contributed by atoms with van der Waals surface area (Å²) in [5.74, 6) is 5.81. The van der Waals surface area contributed by atoms with E-state index in [4.69, 9.17) is 5.11 Å². The fourth-order valence-corrected chi connectivity index (χ4v) is 0.828. The van der Waals surface area contributed by atoms with Gasteiger partial charge in [0.2, 0.25) is 11.7 Å². The normalized spacial score (nSPS) is 8.87. The lowest BCUT2D eigenvalue weighted by atomic mass is 10.4. The van der Waals surface area contributed by atoms with Gasteiger partial charge < -0.3 is 10.4 Å². The number of hydrogen-bond acceptors (Lipinski definition) is 4. The van der Waals surface area contributed by atoms with Crippen LogP contribution in [-0.4, -0.2) is 27.5 Å². The first-order valence-corrected chi connectivity index (χ1v) is 4.43. The third-order valence-corrected chi connectivity index (χ3v) is 1.46. The van der Waals surface area contributed by atoms with Gasteiger partial charge in [-0.2, -0.15) is 0 Å². The van der Waals surface area contributed by atoms with Crippen LogP contribution in [0.1, 0.15) is 19.2 Å². The summed E-state index contributed by atoms with van der Waals surface area (Å²) in [5, 5.41) is 11.5. The van der Waals surface area contributed by atoms with Crippen molar-refractivity contribution in [3.63, 3.8) is 0 Å². The SMILES string of the molecule is CC(=O)NCCC#Cc1ncc(O)cn1. The Hall–Kier alpha value is -2.09. The molecule has 0 saturated heterocycles. The Morgan fingerprint density at radius 2 is 2.20 bits per heavy atom. The van der Waals surface area contributed by atoms with E-state index in [-0.39, 0.29) is 11.7 Å². The fourth-order valence-electron chi connectivity index (χ4n) is 0.828. The van der Waals surface area contributed by atoms with Gasteiger partial charge in [0.25, 0.3) is 0 Å². The van der Waals surface area contributed by atoms with Crippen molar-refractivity contribution in [1.29, 1.82) is 0 Å². The number of nitrogens with one attached hydrogen (secondary N) is 1. The molecular formula is C10H11N3O2. The zero-order chi connectivity index (χ0) is 11.1. The third-order valence-electron chi connectivity index (χ3n) is 1.46. The van der Waals surface area contributed by atoms with Crippen molar-refractivity contribution in [2.45, 2.75) is 13.3 Å². The Kier molecular flexibility index (Phi) is 4.10. The Morgan fingerprint density at radius 3 is 2.80 bits per heavy atom. The molecule has 0 aliphatic heterocycles. The minimum Gasteiger partial charge on any atom is -0.505 e. The van der Waals surface area contributed by atoms with Crippen LogP contribution in [0.25, 0.3) is 0 Å². The molecule has 1 aromatic heterocycles. The summed E-state index contributed by atoms with van der Waals surface area (Å²) in [6.07, 6.45) is 3.11. The number of rotatable bonds is 2. The highest BCUT2D eigenvalue weighted by molar-refractivity contribution is 5.72. The summed E-state index contributed by atoms with van der Waals surface area (Å²) in [6, 6.07) is 0. The van der Waals surface area contributed by atoms with E-state index >= 15 is 0 Å². The van der Waals surface area contributed by atoms with Crippen LogP contribution in [0.3, 0.4) is 0 Å². The molecule has 0 radical (unpaired) electrons. The molecule has 5 heteroatoms. The third kappa shape index (κ3) is 4.62. The highest BCUT2D eigenvalue weighted by Gasteiger charge is 1.90. The zero-order valence-electron chi connectivity index (χ0n) is 8.32. The second-order valence-corrected chi connectivity index (χ2v) is 2.80. The lowest BCUT2D eigenvalue weighted by Gasteiger charge is -1.94. The molecule has 0 fully saturated rings. The van der Waals surface area contributed by atoms with Crippen molar-refractivity contribution in [3.8, 4) is 17.6 Å². The summed E-state index contributed by atoms with van der Waals surface area (Å²) in [5.41, 5.74) is 0. The summed E-state index contributed by atoms with van der Waals surface area (Å²) in [4.78, 5) is 18.1. The van der Waals surface area contributed by atoms with E-state index in [1.165, 1.54) is 19.3 Å². The number of aromatic hydroxyl groups is 1. The summed E-state index contributed by atoms with van der Waals surface area (Å²) in [7, 11) is 0. The maximum absolute atomic E-state index is 10.5. The van der Waals surface area contributed by atoms with Gasteiger partial charge in [-0.15, -0.1) is 0 Å². The molecule has 0 spiro atoms. The zero-order valence-corrected chi connectivity index (χ0v) is 8.32. The average molecular weight is 205 g/mol. The van der Waals surface area contributed by atoms with Gasteiger partial charge in [0.1, 0.15) is 0 Å². The Morgan fingerprint density at radius 1 is 1.53 bits per heavy atom. The van der Waals surface area contributed by atoms with Crippen molar-refractivity contribution in [1.82, 2.24) is 15.3 Å².